The second-order valence-electron chi connectivity index (χ2n) is 8.71. The first-order valence-electron chi connectivity index (χ1n) is 10.8. The van der Waals surface area contributed by atoms with Crippen LogP contribution in [0, 0.1) is 38.0 Å². The van der Waals surface area contributed by atoms with Crippen molar-refractivity contribution in [3.8, 4) is 0 Å². The number of hydrogen-bond donors (Lipinski definition) is 0. The minimum Gasteiger partial charge on any atom is -0.272 e. The first-order valence-corrected chi connectivity index (χ1v) is 10.8. The maximum Gasteiger partial charge on any atom is 0.273 e. The third-order valence-electron chi connectivity index (χ3n) is 6.42. The van der Waals surface area contributed by atoms with E-state index < -0.39 is 39.4 Å². The van der Waals surface area contributed by atoms with Gasteiger partial charge < -0.3 is 0 Å². The number of hydrogen-bond acceptors (Lipinski definition) is 7. The van der Waals surface area contributed by atoms with Gasteiger partial charge in [-0.05, 0) is 36.8 Å². The molecule has 4 rings (SSSR count). The zero-order valence-electron chi connectivity index (χ0n) is 18.3. The smallest absolute Gasteiger partial charge is 0.272 e. The molecule has 1 saturated carbocycles. The Bertz CT molecular complexity index is 1180. The number of nitro benzene ring substituents is 2. The molecule has 1 aliphatic carbocycles. The molecule has 0 N–H and O–H groups in total. The van der Waals surface area contributed by atoms with Crippen LogP contribution in [-0.4, -0.2) is 37.6 Å². The van der Waals surface area contributed by atoms with Crippen molar-refractivity contribution in [2.24, 2.45) is 17.8 Å². The third kappa shape index (κ3) is 4.24. The van der Waals surface area contributed by atoms with E-state index in [0.717, 1.165) is 22.5 Å². The van der Waals surface area contributed by atoms with E-state index in [-0.39, 0.29) is 29.4 Å². The number of carbonyl (C=O) groups excluding carboxylic acids is 3. The number of imide groups is 1. The van der Waals surface area contributed by atoms with Crippen LogP contribution in [0.2, 0.25) is 0 Å². The van der Waals surface area contributed by atoms with E-state index in [9.17, 15) is 34.6 Å². The zero-order valence-corrected chi connectivity index (χ0v) is 18.3. The van der Waals surface area contributed by atoms with Crippen molar-refractivity contribution in [3.63, 3.8) is 0 Å². The van der Waals surface area contributed by atoms with E-state index in [1.54, 1.807) is 0 Å². The summed E-state index contributed by atoms with van der Waals surface area (Å²) in [6, 6.07) is 10.5. The predicted molar refractivity (Wildman–Crippen MR) is 118 cm³/mol. The van der Waals surface area contributed by atoms with Gasteiger partial charge in [0.05, 0.1) is 28.2 Å². The number of rotatable bonds is 6. The largest absolute Gasteiger partial charge is 0.273 e. The summed E-state index contributed by atoms with van der Waals surface area (Å²) in [6.45, 7) is 1.80. The first-order chi connectivity index (χ1) is 16.2. The van der Waals surface area contributed by atoms with Crippen LogP contribution < -0.4 is 0 Å². The van der Waals surface area contributed by atoms with Gasteiger partial charge in [0, 0.05) is 29.8 Å². The van der Waals surface area contributed by atoms with Gasteiger partial charge in [-0.15, -0.1) is 0 Å². The van der Waals surface area contributed by atoms with Gasteiger partial charge in [-0.25, -0.2) is 5.01 Å². The number of fused-ring (bicyclic) bond motifs is 1. The second-order valence-corrected chi connectivity index (χ2v) is 8.71. The van der Waals surface area contributed by atoms with Crippen molar-refractivity contribution in [2.45, 2.75) is 32.7 Å². The molecular formula is C23H22N4O7. The molecule has 2 aliphatic rings. The van der Waals surface area contributed by atoms with Crippen LogP contribution in [0.1, 0.15) is 42.1 Å². The van der Waals surface area contributed by atoms with Gasteiger partial charge >= 0.3 is 0 Å². The Balaban J connectivity index is 1.72. The maximum absolute atomic E-state index is 13.5. The SMILES string of the molecule is C[C@@H]1CC[C@@H]2C(=O)N(N(Cc3ccc([N+](=O)[O-])cc3)C(=O)c3cccc([N+](=O)[O-])c3)C(=O)[C@H]2C1. The summed E-state index contributed by atoms with van der Waals surface area (Å²) in [4.78, 5) is 61.0. The number of nitro groups is 2. The number of non-ortho nitro benzene ring substituents is 2. The van der Waals surface area contributed by atoms with Crippen molar-refractivity contribution in [1.82, 2.24) is 10.0 Å². The van der Waals surface area contributed by atoms with Crippen molar-refractivity contribution in [3.05, 3.63) is 79.9 Å². The molecule has 3 amide bonds. The molecule has 176 valence electrons. The average Bonchev–Trinajstić information content (AvgIpc) is 3.06. The number of nitrogens with zero attached hydrogens (tertiary/aromatic N) is 4. The number of benzene rings is 2. The summed E-state index contributed by atoms with van der Waals surface area (Å²) in [5.74, 6) is -2.46. The molecule has 11 heteroatoms. The quantitative estimate of drug-likeness (QED) is 0.360. The third-order valence-corrected chi connectivity index (χ3v) is 6.42. The van der Waals surface area contributed by atoms with Crippen LogP contribution in [0.15, 0.2) is 48.5 Å². The fourth-order valence-corrected chi connectivity index (χ4v) is 4.64. The highest BCUT2D eigenvalue weighted by atomic mass is 16.6. The van der Waals surface area contributed by atoms with Crippen molar-refractivity contribution in [1.29, 1.82) is 0 Å². The summed E-state index contributed by atoms with van der Waals surface area (Å²) >= 11 is 0. The normalized spacial score (nSPS) is 21.8. The molecule has 3 atom stereocenters. The van der Waals surface area contributed by atoms with Gasteiger partial charge in [0.1, 0.15) is 0 Å². The second kappa shape index (κ2) is 9.00. The molecule has 2 aromatic rings. The molecule has 2 fully saturated rings. The summed E-state index contributed by atoms with van der Waals surface area (Å²) in [6.07, 6.45) is 1.89. The van der Waals surface area contributed by atoms with Gasteiger partial charge in [-0.1, -0.05) is 25.1 Å². The Morgan fingerprint density at radius 3 is 2.26 bits per heavy atom. The minimum absolute atomic E-state index is 0.0556. The highest BCUT2D eigenvalue weighted by molar-refractivity contribution is 6.07. The number of amides is 3. The lowest BCUT2D eigenvalue weighted by atomic mass is 9.76. The van der Waals surface area contributed by atoms with Crippen LogP contribution >= 0.6 is 0 Å². The molecule has 0 aromatic heterocycles. The lowest BCUT2D eigenvalue weighted by Gasteiger charge is -2.30. The van der Waals surface area contributed by atoms with Gasteiger partial charge in [0.15, 0.2) is 0 Å². The molecule has 1 heterocycles. The highest BCUT2D eigenvalue weighted by Crippen LogP contribution is 2.41. The topological polar surface area (TPSA) is 144 Å². The van der Waals surface area contributed by atoms with Crippen molar-refractivity contribution >= 4 is 29.1 Å². The average molecular weight is 466 g/mol. The van der Waals surface area contributed by atoms with E-state index in [1.165, 1.54) is 42.5 Å². The lowest BCUT2D eigenvalue weighted by Crippen LogP contribution is -2.49. The summed E-state index contributed by atoms with van der Waals surface area (Å²) < 4.78 is 0. The van der Waals surface area contributed by atoms with Crippen molar-refractivity contribution in [2.75, 3.05) is 0 Å². The van der Waals surface area contributed by atoms with Gasteiger partial charge in [0.25, 0.3) is 29.1 Å². The Kier molecular flexibility index (Phi) is 6.10. The Hall–Kier alpha value is -4.15. The lowest BCUT2D eigenvalue weighted by molar-refractivity contribution is -0.385. The maximum atomic E-state index is 13.5. The van der Waals surface area contributed by atoms with Crippen LogP contribution in [0.25, 0.3) is 0 Å². The van der Waals surface area contributed by atoms with Gasteiger partial charge in [0.2, 0.25) is 0 Å². The standard InChI is InChI=1S/C23H22N4O7/c1-14-5-10-19-20(11-14)23(30)25(22(19)29)24(13-15-6-8-17(9-7-15)26(31)32)21(28)16-3-2-4-18(12-16)27(33)34/h2-4,6-9,12,14,19-20H,5,10-11,13H2,1H3/t14-,19+,20+/m1/s1. The Morgan fingerprint density at radius 2 is 1.62 bits per heavy atom. The molecule has 2 aromatic carbocycles. The monoisotopic (exact) mass is 466 g/mol. The van der Waals surface area contributed by atoms with Crippen LogP contribution in [0.5, 0.6) is 0 Å². The Labute approximate surface area is 194 Å². The summed E-state index contributed by atoms with van der Waals surface area (Å²) in [7, 11) is 0. The van der Waals surface area contributed by atoms with E-state index in [0.29, 0.717) is 18.4 Å². The molecule has 1 saturated heterocycles. The summed E-state index contributed by atoms with van der Waals surface area (Å²) in [5, 5.41) is 24.0. The molecule has 0 bridgehead atoms. The molecular weight excluding hydrogens is 444 g/mol. The van der Waals surface area contributed by atoms with E-state index in [2.05, 4.69) is 0 Å². The molecule has 11 nitrogen and oxygen atoms in total. The van der Waals surface area contributed by atoms with Crippen molar-refractivity contribution < 1.29 is 24.2 Å². The molecule has 0 radical (unpaired) electrons. The van der Waals surface area contributed by atoms with Gasteiger partial charge in [-0.3, -0.25) is 34.6 Å². The van der Waals surface area contributed by atoms with E-state index >= 15 is 0 Å². The highest BCUT2D eigenvalue weighted by Gasteiger charge is 2.52. The molecule has 0 spiro atoms. The fraction of sp³-hybridized carbons (Fsp3) is 0.348. The molecule has 0 unspecified atom stereocenters. The van der Waals surface area contributed by atoms with Crippen LogP contribution in [0.3, 0.4) is 0 Å². The number of hydrazine groups is 1. The molecule has 1 aliphatic heterocycles. The van der Waals surface area contributed by atoms with E-state index in [4.69, 9.17) is 0 Å². The minimum atomic E-state index is -0.754. The van der Waals surface area contributed by atoms with Crippen LogP contribution in [0.4, 0.5) is 11.4 Å². The predicted octanol–water partition coefficient (Wildman–Crippen LogP) is 3.48. The Morgan fingerprint density at radius 1 is 0.971 bits per heavy atom. The first kappa shape index (κ1) is 23.0. The molecule has 34 heavy (non-hydrogen) atoms. The van der Waals surface area contributed by atoms with E-state index in [1.807, 2.05) is 6.92 Å². The van der Waals surface area contributed by atoms with Gasteiger partial charge in [-0.2, -0.15) is 5.01 Å². The summed E-state index contributed by atoms with van der Waals surface area (Å²) in [5.41, 5.74) is -0.0514. The van der Waals surface area contributed by atoms with Crippen LogP contribution in [-0.2, 0) is 16.1 Å². The fourth-order valence-electron chi connectivity index (χ4n) is 4.64. The number of carbonyl (C=O) groups is 3. The zero-order chi connectivity index (χ0) is 24.6.